The van der Waals surface area contributed by atoms with Gasteiger partial charge in [0.25, 0.3) is 0 Å². The first kappa shape index (κ1) is 20.2. The van der Waals surface area contributed by atoms with Crippen LogP contribution in [-0.2, 0) is 4.79 Å². The van der Waals surface area contributed by atoms with E-state index in [9.17, 15) is 4.79 Å². The number of carbonyl (C=O) groups excluding carboxylic acids is 1. The average molecular weight is 376 g/mol. The van der Waals surface area contributed by atoms with Gasteiger partial charge < -0.3 is 15.0 Å². The van der Waals surface area contributed by atoms with Crippen molar-refractivity contribution in [1.29, 1.82) is 0 Å². The van der Waals surface area contributed by atoms with Crippen molar-refractivity contribution >= 4 is 18.3 Å². The summed E-state index contributed by atoms with van der Waals surface area (Å²) in [5, 5.41) is 3.36. The highest BCUT2D eigenvalue weighted by molar-refractivity contribution is 5.85. The van der Waals surface area contributed by atoms with E-state index in [0.717, 1.165) is 30.0 Å². The average Bonchev–Trinajstić information content (AvgIpc) is 2.64. The number of benzene rings is 1. The maximum atomic E-state index is 12.7. The van der Waals surface area contributed by atoms with Gasteiger partial charge in [0.1, 0.15) is 5.75 Å². The van der Waals surface area contributed by atoms with Gasteiger partial charge in [0.15, 0.2) is 0 Å². The Balaban J connectivity index is 0.00000243. The SMILES string of the molecule is Cc1ccc(OCCC(=O)N2CCNCC2c2cccnc2)c(C)c1.Cl. The maximum Gasteiger partial charge on any atom is 0.226 e. The van der Waals surface area contributed by atoms with Crippen molar-refractivity contribution in [3.05, 3.63) is 59.4 Å². The number of halogens is 1. The smallest absolute Gasteiger partial charge is 0.226 e. The van der Waals surface area contributed by atoms with Gasteiger partial charge in [-0.3, -0.25) is 9.78 Å². The van der Waals surface area contributed by atoms with E-state index in [1.54, 1.807) is 6.20 Å². The Hall–Kier alpha value is -2.11. The second kappa shape index (κ2) is 9.55. The van der Waals surface area contributed by atoms with Gasteiger partial charge in [0.05, 0.1) is 19.1 Å². The molecule has 1 atom stereocenters. The molecule has 1 aliphatic rings. The van der Waals surface area contributed by atoms with Crippen LogP contribution in [0.3, 0.4) is 0 Å². The first-order valence-corrected chi connectivity index (χ1v) is 8.75. The Morgan fingerprint density at radius 3 is 2.92 bits per heavy atom. The Morgan fingerprint density at radius 2 is 2.19 bits per heavy atom. The lowest BCUT2D eigenvalue weighted by atomic mass is 10.0. The zero-order valence-electron chi connectivity index (χ0n) is 15.3. The zero-order valence-corrected chi connectivity index (χ0v) is 16.1. The molecule has 1 saturated heterocycles. The number of aryl methyl sites for hydroxylation is 2. The molecule has 26 heavy (non-hydrogen) atoms. The Bertz CT molecular complexity index is 724. The molecule has 1 N–H and O–H groups in total. The largest absolute Gasteiger partial charge is 0.493 e. The summed E-state index contributed by atoms with van der Waals surface area (Å²) in [4.78, 5) is 18.8. The standard InChI is InChI=1S/C20H25N3O2.ClH/c1-15-5-6-19(16(2)12-15)25-11-7-20(24)23-10-9-22-14-18(23)17-4-3-8-21-13-17;/h3-6,8,12-13,18,22H,7,9-11,14H2,1-2H3;1H. The molecule has 2 aromatic rings. The third-order valence-electron chi connectivity index (χ3n) is 4.54. The number of amides is 1. The van der Waals surface area contributed by atoms with Crippen LogP contribution in [0.15, 0.2) is 42.7 Å². The summed E-state index contributed by atoms with van der Waals surface area (Å²) in [6, 6.07) is 10.1. The predicted molar refractivity (Wildman–Crippen MR) is 105 cm³/mol. The molecule has 0 aliphatic carbocycles. The highest BCUT2D eigenvalue weighted by Crippen LogP contribution is 2.23. The van der Waals surface area contributed by atoms with Gasteiger partial charge in [-0.05, 0) is 37.1 Å². The highest BCUT2D eigenvalue weighted by atomic mass is 35.5. The summed E-state index contributed by atoms with van der Waals surface area (Å²) in [7, 11) is 0. The zero-order chi connectivity index (χ0) is 17.6. The van der Waals surface area contributed by atoms with Gasteiger partial charge in [0.2, 0.25) is 5.91 Å². The van der Waals surface area contributed by atoms with E-state index < -0.39 is 0 Å². The van der Waals surface area contributed by atoms with Gasteiger partial charge in [-0.2, -0.15) is 0 Å². The summed E-state index contributed by atoms with van der Waals surface area (Å²) in [6.45, 7) is 6.77. The number of hydrogen-bond donors (Lipinski definition) is 1. The molecule has 1 fully saturated rings. The molecule has 1 amide bonds. The molecule has 0 bridgehead atoms. The van der Waals surface area contributed by atoms with Crippen LogP contribution < -0.4 is 10.1 Å². The lowest BCUT2D eigenvalue weighted by Crippen LogP contribution is -2.49. The molecule has 1 aliphatic heterocycles. The number of pyridine rings is 1. The fraction of sp³-hybridized carbons (Fsp3) is 0.400. The van der Waals surface area contributed by atoms with E-state index in [1.807, 2.05) is 42.3 Å². The fourth-order valence-electron chi connectivity index (χ4n) is 3.23. The van der Waals surface area contributed by atoms with Gasteiger partial charge in [-0.15, -0.1) is 12.4 Å². The fourth-order valence-corrected chi connectivity index (χ4v) is 3.23. The molecule has 3 rings (SSSR count). The van der Waals surface area contributed by atoms with Crippen LogP contribution in [0, 0.1) is 13.8 Å². The van der Waals surface area contributed by atoms with Gasteiger partial charge in [-0.25, -0.2) is 0 Å². The summed E-state index contributed by atoms with van der Waals surface area (Å²) in [5.41, 5.74) is 3.38. The van der Waals surface area contributed by atoms with E-state index in [1.165, 1.54) is 5.56 Å². The number of rotatable bonds is 5. The molecule has 0 spiro atoms. The van der Waals surface area contributed by atoms with Crippen molar-refractivity contribution < 1.29 is 9.53 Å². The first-order valence-electron chi connectivity index (χ1n) is 8.75. The molecule has 0 saturated carbocycles. The van der Waals surface area contributed by atoms with Crippen molar-refractivity contribution in [3.8, 4) is 5.75 Å². The van der Waals surface area contributed by atoms with E-state index in [0.29, 0.717) is 19.6 Å². The number of carbonyl (C=O) groups is 1. The summed E-state index contributed by atoms with van der Waals surface area (Å²) >= 11 is 0. The van der Waals surface area contributed by atoms with E-state index in [4.69, 9.17) is 4.74 Å². The molecule has 2 heterocycles. The van der Waals surface area contributed by atoms with Gasteiger partial charge in [0, 0.05) is 32.0 Å². The van der Waals surface area contributed by atoms with Crippen LogP contribution >= 0.6 is 12.4 Å². The summed E-state index contributed by atoms with van der Waals surface area (Å²) < 4.78 is 5.82. The van der Waals surface area contributed by atoms with Crippen molar-refractivity contribution in [2.45, 2.75) is 26.3 Å². The van der Waals surface area contributed by atoms with Gasteiger partial charge >= 0.3 is 0 Å². The molecule has 140 valence electrons. The lowest BCUT2D eigenvalue weighted by molar-refractivity contribution is -0.135. The quantitative estimate of drug-likeness (QED) is 0.872. The predicted octanol–water partition coefficient (Wildman–Crippen LogP) is 3.06. The lowest BCUT2D eigenvalue weighted by Gasteiger charge is -2.36. The maximum absolute atomic E-state index is 12.7. The number of aromatic nitrogens is 1. The van der Waals surface area contributed by atoms with E-state index in [2.05, 4.69) is 23.3 Å². The van der Waals surface area contributed by atoms with Crippen LogP contribution in [-0.4, -0.2) is 42.0 Å². The molecule has 0 radical (unpaired) electrons. The number of nitrogens with one attached hydrogen (secondary N) is 1. The van der Waals surface area contributed by atoms with Gasteiger partial charge in [-0.1, -0.05) is 23.8 Å². The topological polar surface area (TPSA) is 54.5 Å². The first-order chi connectivity index (χ1) is 12.1. The summed E-state index contributed by atoms with van der Waals surface area (Å²) in [5.74, 6) is 0.975. The number of hydrogen-bond acceptors (Lipinski definition) is 4. The number of ether oxygens (including phenoxy) is 1. The summed E-state index contributed by atoms with van der Waals surface area (Å²) in [6.07, 6.45) is 3.97. The van der Waals surface area contributed by atoms with E-state index >= 15 is 0 Å². The minimum atomic E-state index is 0. The van der Waals surface area contributed by atoms with E-state index in [-0.39, 0.29) is 24.4 Å². The second-order valence-electron chi connectivity index (χ2n) is 6.46. The molecule has 5 nitrogen and oxygen atoms in total. The van der Waals surface area contributed by atoms with Crippen LogP contribution in [0.1, 0.15) is 29.2 Å². The Kier molecular flexibility index (Phi) is 7.42. The highest BCUT2D eigenvalue weighted by Gasteiger charge is 2.27. The van der Waals surface area contributed by atoms with Crippen LogP contribution in [0.25, 0.3) is 0 Å². The normalized spacial score (nSPS) is 16.7. The molecule has 1 aromatic heterocycles. The molecular formula is C20H26ClN3O2. The van der Waals surface area contributed by atoms with Crippen molar-refractivity contribution in [1.82, 2.24) is 15.2 Å². The van der Waals surface area contributed by atoms with Crippen molar-refractivity contribution in [3.63, 3.8) is 0 Å². The Morgan fingerprint density at radius 1 is 1.35 bits per heavy atom. The second-order valence-corrected chi connectivity index (χ2v) is 6.46. The third-order valence-corrected chi connectivity index (χ3v) is 4.54. The molecular weight excluding hydrogens is 350 g/mol. The minimum Gasteiger partial charge on any atom is -0.493 e. The van der Waals surface area contributed by atoms with Crippen LogP contribution in [0.5, 0.6) is 5.75 Å². The molecule has 1 unspecified atom stereocenters. The number of piperazine rings is 1. The monoisotopic (exact) mass is 375 g/mol. The third kappa shape index (κ3) is 4.96. The van der Waals surface area contributed by atoms with Crippen molar-refractivity contribution in [2.75, 3.05) is 26.2 Å². The van der Waals surface area contributed by atoms with Crippen LogP contribution in [0.2, 0.25) is 0 Å². The number of nitrogens with zero attached hydrogens (tertiary/aromatic N) is 2. The minimum absolute atomic E-state index is 0. The van der Waals surface area contributed by atoms with Crippen molar-refractivity contribution in [2.24, 2.45) is 0 Å². The Labute approximate surface area is 161 Å². The molecule has 1 aromatic carbocycles. The molecule has 6 heteroatoms. The van der Waals surface area contributed by atoms with Crippen LogP contribution in [0.4, 0.5) is 0 Å².